The van der Waals surface area contributed by atoms with Crippen LogP contribution >= 0.6 is 0 Å². The Hall–Kier alpha value is -1.64. The number of carboxylic acids is 1. The van der Waals surface area contributed by atoms with Crippen LogP contribution in [0.2, 0.25) is 0 Å². The lowest BCUT2D eigenvalue weighted by atomic mass is 9.49. The zero-order valence-electron chi connectivity index (χ0n) is 15.4. The van der Waals surface area contributed by atoms with Gasteiger partial charge in [0.2, 0.25) is 0 Å². The third kappa shape index (κ3) is 2.17. The van der Waals surface area contributed by atoms with Crippen LogP contribution in [-0.4, -0.2) is 16.9 Å². The van der Waals surface area contributed by atoms with Crippen LogP contribution in [0.3, 0.4) is 0 Å². The molecular formula is C21H28O3. The highest BCUT2D eigenvalue weighted by molar-refractivity contribution is 6.01. The summed E-state index contributed by atoms with van der Waals surface area (Å²) in [6.45, 7) is 10.4. The minimum absolute atomic E-state index is 0.124. The van der Waals surface area contributed by atoms with Crippen LogP contribution in [0.1, 0.15) is 86.3 Å². The maximum absolute atomic E-state index is 13.0. The zero-order chi connectivity index (χ0) is 17.9. The molecule has 1 fully saturated rings. The van der Waals surface area contributed by atoms with Crippen LogP contribution < -0.4 is 0 Å². The Kier molecular flexibility index (Phi) is 3.89. The Bertz CT molecular complexity index is 718. The van der Waals surface area contributed by atoms with Gasteiger partial charge in [-0.3, -0.25) is 9.59 Å². The van der Waals surface area contributed by atoms with Crippen LogP contribution in [-0.2, 0) is 10.2 Å². The normalized spacial score (nSPS) is 32.4. The van der Waals surface area contributed by atoms with Crippen molar-refractivity contribution in [3.05, 3.63) is 34.4 Å². The summed E-state index contributed by atoms with van der Waals surface area (Å²) in [4.78, 5) is 25.0. The topological polar surface area (TPSA) is 54.4 Å². The molecule has 130 valence electrons. The van der Waals surface area contributed by atoms with Gasteiger partial charge in [0.1, 0.15) is 0 Å². The smallest absolute Gasteiger partial charge is 0.309 e. The zero-order valence-corrected chi connectivity index (χ0v) is 15.4. The number of carbonyl (C=O) groups is 2. The molecule has 0 bridgehead atoms. The van der Waals surface area contributed by atoms with Crippen molar-refractivity contribution in [1.29, 1.82) is 0 Å². The van der Waals surface area contributed by atoms with Crippen LogP contribution in [0, 0.1) is 18.3 Å². The van der Waals surface area contributed by atoms with E-state index in [9.17, 15) is 14.7 Å². The van der Waals surface area contributed by atoms with E-state index in [1.165, 1.54) is 5.56 Å². The number of hydrogen-bond donors (Lipinski definition) is 1. The van der Waals surface area contributed by atoms with Crippen molar-refractivity contribution in [2.24, 2.45) is 11.3 Å². The lowest BCUT2D eigenvalue weighted by molar-refractivity contribution is -0.156. The quantitative estimate of drug-likeness (QED) is 0.844. The molecule has 0 heterocycles. The monoisotopic (exact) mass is 328 g/mol. The number of carbonyl (C=O) groups excluding carboxylic acids is 1. The van der Waals surface area contributed by atoms with Gasteiger partial charge in [0.25, 0.3) is 0 Å². The summed E-state index contributed by atoms with van der Waals surface area (Å²) in [6, 6.07) is 4.25. The van der Waals surface area contributed by atoms with Crippen LogP contribution in [0.15, 0.2) is 12.1 Å². The number of hydrogen-bond acceptors (Lipinski definition) is 2. The van der Waals surface area contributed by atoms with Crippen LogP contribution in [0.4, 0.5) is 0 Å². The minimum atomic E-state index is -0.815. The lowest BCUT2D eigenvalue weighted by Gasteiger charge is -2.53. The molecule has 3 heteroatoms. The Morgan fingerprint density at radius 1 is 1.25 bits per heavy atom. The molecule has 3 nitrogen and oxygen atoms in total. The third-order valence-electron chi connectivity index (χ3n) is 6.83. The number of fused-ring (bicyclic) bond motifs is 3. The van der Waals surface area contributed by atoms with Gasteiger partial charge in [-0.1, -0.05) is 39.3 Å². The van der Waals surface area contributed by atoms with E-state index in [1.54, 1.807) is 0 Å². The molecule has 0 unspecified atom stereocenters. The van der Waals surface area contributed by atoms with Gasteiger partial charge in [-0.05, 0) is 60.6 Å². The fourth-order valence-electron chi connectivity index (χ4n) is 5.38. The van der Waals surface area contributed by atoms with Crippen molar-refractivity contribution in [2.45, 2.75) is 71.6 Å². The second-order valence-electron chi connectivity index (χ2n) is 8.53. The van der Waals surface area contributed by atoms with Crippen molar-refractivity contribution in [1.82, 2.24) is 0 Å². The molecule has 1 aromatic carbocycles. The van der Waals surface area contributed by atoms with Gasteiger partial charge in [0.05, 0.1) is 5.41 Å². The van der Waals surface area contributed by atoms with Crippen molar-refractivity contribution in [3.63, 3.8) is 0 Å². The highest BCUT2D eigenvalue weighted by Crippen LogP contribution is 2.57. The van der Waals surface area contributed by atoms with Gasteiger partial charge in [-0.2, -0.15) is 0 Å². The van der Waals surface area contributed by atoms with Gasteiger partial charge >= 0.3 is 5.97 Å². The van der Waals surface area contributed by atoms with E-state index in [0.29, 0.717) is 18.8 Å². The third-order valence-corrected chi connectivity index (χ3v) is 6.83. The average Bonchev–Trinajstić information content (AvgIpc) is 2.49. The van der Waals surface area contributed by atoms with Gasteiger partial charge in [-0.15, -0.1) is 0 Å². The van der Waals surface area contributed by atoms with Gasteiger partial charge in [-0.25, -0.2) is 0 Å². The van der Waals surface area contributed by atoms with Gasteiger partial charge < -0.3 is 5.11 Å². The molecule has 0 amide bonds. The standard InChI is InChI=1S/C21H28O3/c1-12(2)14-7-8-15-18(13(14)3)16(22)11-17-20(15,4)9-6-10-21(17,5)19(23)24/h7-8,12,17H,6,9-11H2,1-5H3,(H,23,24)/t17-,20-,21-/m1/s1. The second-order valence-corrected chi connectivity index (χ2v) is 8.53. The van der Waals surface area contributed by atoms with Crippen molar-refractivity contribution in [3.8, 4) is 0 Å². The Balaban J connectivity index is 2.22. The number of Topliss-reactive ketones (excluding diaryl/α,β-unsaturated/α-hetero) is 1. The summed E-state index contributed by atoms with van der Waals surface area (Å²) in [5.41, 5.74) is 3.23. The van der Waals surface area contributed by atoms with E-state index in [-0.39, 0.29) is 17.1 Å². The summed E-state index contributed by atoms with van der Waals surface area (Å²) >= 11 is 0. The Morgan fingerprint density at radius 3 is 2.50 bits per heavy atom. The number of ketones is 1. The summed E-state index contributed by atoms with van der Waals surface area (Å²) in [6.07, 6.45) is 2.87. The highest BCUT2D eigenvalue weighted by atomic mass is 16.4. The first-order chi connectivity index (χ1) is 11.1. The van der Waals surface area contributed by atoms with Gasteiger partial charge in [0, 0.05) is 12.0 Å². The Labute approximate surface area is 144 Å². The largest absolute Gasteiger partial charge is 0.481 e. The maximum Gasteiger partial charge on any atom is 0.309 e. The number of rotatable bonds is 2. The predicted octanol–water partition coefficient (Wildman–Crippen LogP) is 4.85. The summed E-state index contributed by atoms with van der Waals surface area (Å²) in [5, 5.41) is 9.85. The Morgan fingerprint density at radius 2 is 1.92 bits per heavy atom. The summed E-state index contributed by atoms with van der Waals surface area (Å²) in [5.74, 6) is -0.378. The molecule has 1 saturated carbocycles. The molecule has 1 N–H and O–H groups in total. The first-order valence-electron chi connectivity index (χ1n) is 9.03. The van der Waals surface area contributed by atoms with Crippen molar-refractivity contribution >= 4 is 11.8 Å². The molecule has 0 aromatic heterocycles. The SMILES string of the molecule is Cc1c(C(C)C)ccc2c1C(=O)C[C@H]1[C@](C)(C(=O)O)CCC[C@]21C. The molecule has 0 aliphatic heterocycles. The fourth-order valence-corrected chi connectivity index (χ4v) is 5.38. The van der Waals surface area contributed by atoms with E-state index in [2.05, 4.69) is 39.8 Å². The molecule has 0 spiro atoms. The summed E-state index contributed by atoms with van der Waals surface area (Å²) in [7, 11) is 0. The maximum atomic E-state index is 13.0. The first-order valence-corrected chi connectivity index (χ1v) is 9.03. The van der Waals surface area contributed by atoms with Gasteiger partial charge in [0.15, 0.2) is 5.78 Å². The number of benzene rings is 1. The predicted molar refractivity (Wildman–Crippen MR) is 94.7 cm³/mol. The fraction of sp³-hybridized carbons (Fsp3) is 0.619. The van der Waals surface area contributed by atoms with Crippen LogP contribution in [0.25, 0.3) is 0 Å². The van der Waals surface area contributed by atoms with E-state index in [0.717, 1.165) is 29.5 Å². The number of aliphatic carboxylic acids is 1. The van der Waals surface area contributed by atoms with E-state index in [1.807, 2.05) is 6.92 Å². The molecule has 3 atom stereocenters. The first kappa shape index (κ1) is 17.2. The second kappa shape index (κ2) is 5.44. The van der Waals surface area contributed by atoms with E-state index in [4.69, 9.17) is 0 Å². The molecule has 1 aromatic rings. The highest BCUT2D eigenvalue weighted by Gasteiger charge is 2.57. The minimum Gasteiger partial charge on any atom is -0.481 e. The molecule has 0 saturated heterocycles. The average molecular weight is 328 g/mol. The molecule has 24 heavy (non-hydrogen) atoms. The molecule has 2 aliphatic rings. The van der Waals surface area contributed by atoms with E-state index < -0.39 is 11.4 Å². The lowest BCUT2D eigenvalue weighted by Crippen LogP contribution is -2.53. The van der Waals surface area contributed by atoms with Crippen molar-refractivity contribution in [2.75, 3.05) is 0 Å². The van der Waals surface area contributed by atoms with Crippen molar-refractivity contribution < 1.29 is 14.7 Å². The molecular weight excluding hydrogens is 300 g/mol. The summed E-state index contributed by atoms with van der Waals surface area (Å²) < 4.78 is 0. The molecule has 3 rings (SSSR count). The molecule has 0 radical (unpaired) electrons. The number of carboxylic acid groups (broad SMARTS) is 1. The van der Waals surface area contributed by atoms with E-state index >= 15 is 0 Å². The molecule has 2 aliphatic carbocycles. The van der Waals surface area contributed by atoms with Crippen LogP contribution in [0.5, 0.6) is 0 Å².